The molecule has 1 heterocycles. The van der Waals surface area contributed by atoms with E-state index in [0.29, 0.717) is 10.6 Å². The Kier molecular flexibility index (Phi) is 1.53. The molecule has 0 atom stereocenters. The summed E-state index contributed by atoms with van der Waals surface area (Å²) >= 11 is 5.86. The van der Waals surface area contributed by atoms with Crippen LogP contribution in [0.5, 0.6) is 0 Å². The molecule has 12 heavy (non-hydrogen) atoms. The lowest BCUT2D eigenvalue weighted by Gasteiger charge is -1.90. The van der Waals surface area contributed by atoms with Crippen LogP contribution in [0.2, 0.25) is 5.02 Å². The number of hydrogen-bond acceptors (Lipinski definition) is 1. The van der Waals surface area contributed by atoms with E-state index in [1.807, 2.05) is 6.07 Å². The summed E-state index contributed by atoms with van der Waals surface area (Å²) in [5, 5.41) is 10.2. The molecule has 3 heteroatoms. The fourth-order valence-corrected chi connectivity index (χ4v) is 1.37. The molecule has 1 N–H and O–H groups in total. The Bertz CT molecular complexity index is 465. The van der Waals surface area contributed by atoms with Crippen LogP contribution in [0.15, 0.2) is 24.4 Å². The number of benzene rings is 1. The molecule has 2 nitrogen and oxygen atoms in total. The minimum atomic E-state index is 0.629. The minimum absolute atomic E-state index is 0.629. The molecular weight excluding hydrogens is 172 g/mol. The number of H-pyrrole nitrogens is 1. The van der Waals surface area contributed by atoms with E-state index in [1.54, 1.807) is 18.3 Å². The molecule has 1 aromatic heterocycles. The molecular formula is C9H5ClN2. The summed E-state index contributed by atoms with van der Waals surface area (Å²) in [5.74, 6) is 0. The SMILES string of the molecule is N#Cc1ccc2[nH]cc(Cl)c2c1. The topological polar surface area (TPSA) is 39.6 Å². The second kappa shape index (κ2) is 2.54. The van der Waals surface area contributed by atoms with E-state index in [2.05, 4.69) is 11.1 Å². The van der Waals surface area contributed by atoms with Gasteiger partial charge in [-0.3, -0.25) is 0 Å². The first-order chi connectivity index (χ1) is 5.81. The third kappa shape index (κ3) is 0.956. The predicted octanol–water partition coefficient (Wildman–Crippen LogP) is 2.69. The average molecular weight is 177 g/mol. The van der Waals surface area contributed by atoms with Crippen LogP contribution in [0, 0.1) is 11.3 Å². The second-order valence-electron chi connectivity index (χ2n) is 2.51. The van der Waals surface area contributed by atoms with Crippen LogP contribution in [0.3, 0.4) is 0 Å². The van der Waals surface area contributed by atoms with Gasteiger partial charge in [0.15, 0.2) is 0 Å². The lowest BCUT2D eigenvalue weighted by Crippen LogP contribution is -1.72. The van der Waals surface area contributed by atoms with Crippen LogP contribution in [-0.4, -0.2) is 4.98 Å². The average Bonchev–Trinajstić information content (AvgIpc) is 2.47. The standard InChI is InChI=1S/C9H5ClN2/c10-8-5-12-9-2-1-6(4-11)3-7(8)9/h1-3,5,12H. The summed E-state index contributed by atoms with van der Waals surface area (Å²) in [7, 11) is 0. The molecule has 1 aromatic carbocycles. The van der Waals surface area contributed by atoms with Crippen LogP contribution in [0.1, 0.15) is 5.56 Å². The third-order valence-electron chi connectivity index (χ3n) is 1.76. The van der Waals surface area contributed by atoms with E-state index in [9.17, 15) is 0 Å². The number of fused-ring (bicyclic) bond motifs is 1. The van der Waals surface area contributed by atoms with Gasteiger partial charge in [0.1, 0.15) is 0 Å². The largest absolute Gasteiger partial charge is 0.360 e. The van der Waals surface area contributed by atoms with Crippen molar-refractivity contribution >= 4 is 22.5 Å². The van der Waals surface area contributed by atoms with Gasteiger partial charge in [0.2, 0.25) is 0 Å². The lowest BCUT2D eigenvalue weighted by molar-refractivity contribution is 1.47. The minimum Gasteiger partial charge on any atom is -0.360 e. The van der Waals surface area contributed by atoms with E-state index >= 15 is 0 Å². The van der Waals surface area contributed by atoms with Gasteiger partial charge >= 0.3 is 0 Å². The van der Waals surface area contributed by atoms with Crippen LogP contribution in [0.25, 0.3) is 10.9 Å². The van der Waals surface area contributed by atoms with Crippen molar-refractivity contribution in [3.8, 4) is 6.07 Å². The van der Waals surface area contributed by atoms with Crippen molar-refractivity contribution in [1.82, 2.24) is 4.98 Å². The summed E-state index contributed by atoms with van der Waals surface area (Å²) in [6.07, 6.45) is 1.72. The van der Waals surface area contributed by atoms with Gasteiger partial charge in [-0.05, 0) is 18.2 Å². The van der Waals surface area contributed by atoms with Gasteiger partial charge in [0.05, 0.1) is 16.7 Å². The number of nitriles is 1. The van der Waals surface area contributed by atoms with Gasteiger partial charge in [-0.2, -0.15) is 5.26 Å². The number of aromatic amines is 1. The van der Waals surface area contributed by atoms with Crippen molar-refractivity contribution in [3.63, 3.8) is 0 Å². The number of hydrogen-bond donors (Lipinski definition) is 1. The second-order valence-corrected chi connectivity index (χ2v) is 2.92. The molecule has 0 aliphatic carbocycles. The quantitative estimate of drug-likeness (QED) is 0.659. The molecule has 58 valence electrons. The molecule has 0 amide bonds. The van der Waals surface area contributed by atoms with Crippen molar-refractivity contribution in [1.29, 1.82) is 5.26 Å². The summed E-state index contributed by atoms with van der Waals surface area (Å²) in [6.45, 7) is 0. The highest BCUT2D eigenvalue weighted by Gasteiger charge is 2.00. The molecule has 0 bridgehead atoms. The summed E-state index contributed by atoms with van der Waals surface area (Å²) in [4.78, 5) is 3.00. The van der Waals surface area contributed by atoms with Gasteiger partial charge in [0, 0.05) is 17.1 Å². The zero-order valence-electron chi connectivity index (χ0n) is 6.13. The zero-order chi connectivity index (χ0) is 8.55. The molecule has 0 radical (unpaired) electrons. The molecule has 0 fully saturated rings. The van der Waals surface area contributed by atoms with Gasteiger partial charge in [-0.15, -0.1) is 0 Å². The van der Waals surface area contributed by atoms with Gasteiger partial charge in [0.25, 0.3) is 0 Å². The fraction of sp³-hybridized carbons (Fsp3) is 0. The maximum Gasteiger partial charge on any atom is 0.0991 e. The highest BCUT2D eigenvalue weighted by Crippen LogP contribution is 2.23. The van der Waals surface area contributed by atoms with Gasteiger partial charge in [-0.1, -0.05) is 11.6 Å². The monoisotopic (exact) mass is 176 g/mol. The van der Waals surface area contributed by atoms with Crippen molar-refractivity contribution < 1.29 is 0 Å². The summed E-state index contributed by atoms with van der Waals surface area (Å²) in [5.41, 5.74) is 1.59. The van der Waals surface area contributed by atoms with Crippen LogP contribution < -0.4 is 0 Å². The van der Waals surface area contributed by atoms with Gasteiger partial charge < -0.3 is 4.98 Å². The number of rotatable bonds is 0. The highest BCUT2D eigenvalue weighted by atomic mass is 35.5. The van der Waals surface area contributed by atoms with E-state index < -0.39 is 0 Å². The number of nitrogens with zero attached hydrogens (tertiary/aromatic N) is 1. The van der Waals surface area contributed by atoms with Crippen molar-refractivity contribution in [2.45, 2.75) is 0 Å². The van der Waals surface area contributed by atoms with E-state index in [-0.39, 0.29) is 0 Å². The Balaban J connectivity index is 2.82. The molecule has 0 saturated carbocycles. The molecule has 2 rings (SSSR count). The number of aromatic nitrogens is 1. The first kappa shape index (κ1) is 7.20. The molecule has 0 saturated heterocycles. The molecule has 0 aliphatic rings. The van der Waals surface area contributed by atoms with Crippen molar-refractivity contribution in [2.24, 2.45) is 0 Å². The molecule has 0 spiro atoms. The number of nitrogens with one attached hydrogen (secondary N) is 1. The Hall–Kier alpha value is -1.46. The van der Waals surface area contributed by atoms with Crippen LogP contribution in [-0.2, 0) is 0 Å². The van der Waals surface area contributed by atoms with E-state index in [4.69, 9.17) is 16.9 Å². The fourth-order valence-electron chi connectivity index (χ4n) is 1.16. The molecule has 0 unspecified atom stereocenters. The Morgan fingerprint density at radius 2 is 2.25 bits per heavy atom. The number of halogens is 1. The van der Waals surface area contributed by atoms with Crippen LogP contribution in [0.4, 0.5) is 0 Å². The van der Waals surface area contributed by atoms with Crippen molar-refractivity contribution in [2.75, 3.05) is 0 Å². The lowest BCUT2D eigenvalue weighted by atomic mass is 10.2. The third-order valence-corrected chi connectivity index (χ3v) is 2.07. The van der Waals surface area contributed by atoms with E-state index in [0.717, 1.165) is 10.9 Å². The highest BCUT2D eigenvalue weighted by molar-refractivity contribution is 6.35. The molecule has 0 aliphatic heterocycles. The normalized spacial score (nSPS) is 10.0. The Labute approximate surface area is 74.4 Å². The molecule has 2 aromatic rings. The predicted molar refractivity (Wildman–Crippen MR) is 48.0 cm³/mol. The zero-order valence-corrected chi connectivity index (χ0v) is 6.89. The first-order valence-corrected chi connectivity index (χ1v) is 3.86. The van der Waals surface area contributed by atoms with Crippen molar-refractivity contribution in [3.05, 3.63) is 35.0 Å². The maximum atomic E-state index is 8.62. The Morgan fingerprint density at radius 3 is 3.00 bits per heavy atom. The smallest absolute Gasteiger partial charge is 0.0991 e. The van der Waals surface area contributed by atoms with Gasteiger partial charge in [-0.25, -0.2) is 0 Å². The Morgan fingerprint density at radius 1 is 1.42 bits per heavy atom. The first-order valence-electron chi connectivity index (χ1n) is 3.48. The van der Waals surface area contributed by atoms with E-state index in [1.165, 1.54) is 0 Å². The van der Waals surface area contributed by atoms with Crippen LogP contribution >= 0.6 is 11.6 Å². The maximum absolute atomic E-state index is 8.62. The summed E-state index contributed by atoms with van der Waals surface area (Å²) in [6, 6.07) is 7.44. The summed E-state index contributed by atoms with van der Waals surface area (Å²) < 4.78 is 0.